The minimum absolute atomic E-state index is 0.131. The van der Waals surface area contributed by atoms with Gasteiger partial charge in [-0.25, -0.2) is 13.4 Å². The average molecular weight is 444 g/mol. The van der Waals surface area contributed by atoms with E-state index in [4.69, 9.17) is 4.74 Å². The van der Waals surface area contributed by atoms with Crippen LogP contribution >= 0.6 is 0 Å². The number of hydrogen-bond acceptors (Lipinski definition) is 6. The summed E-state index contributed by atoms with van der Waals surface area (Å²) in [5.74, 6) is 0.465. The van der Waals surface area contributed by atoms with Crippen molar-refractivity contribution in [3.05, 3.63) is 47.3 Å². The quantitative estimate of drug-likeness (QED) is 0.609. The highest BCUT2D eigenvalue weighted by Gasteiger charge is 2.31. The van der Waals surface area contributed by atoms with Gasteiger partial charge in [-0.15, -0.1) is 0 Å². The molecule has 1 aliphatic heterocycles. The summed E-state index contributed by atoms with van der Waals surface area (Å²) >= 11 is 0. The monoisotopic (exact) mass is 443 g/mol. The van der Waals surface area contributed by atoms with Crippen LogP contribution < -0.4 is 4.74 Å². The first kappa shape index (κ1) is 21.3. The molecule has 0 atom stereocenters. The Bertz CT molecular complexity index is 1240. The van der Waals surface area contributed by atoms with Gasteiger partial charge in [-0.3, -0.25) is 9.48 Å². The number of ether oxygens (including phenoxy) is 1. The molecule has 1 aliphatic rings. The zero-order chi connectivity index (χ0) is 22.3. The number of aryl methyl sites for hydroxylation is 3. The van der Waals surface area contributed by atoms with E-state index < -0.39 is 10.0 Å². The van der Waals surface area contributed by atoms with Gasteiger partial charge in [0, 0.05) is 38.9 Å². The van der Waals surface area contributed by atoms with E-state index in [1.54, 1.807) is 34.8 Å². The van der Waals surface area contributed by atoms with Crippen LogP contribution in [-0.4, -0.2) is 71.6 Å². The van der Waals surface area contributed by atoms with Crippen molar-refractivity contribution in [1.29, 1.82) is 0 Å². The molecule has 31 heavy (non-hydrogen) atoms. The lowest BCUT2D eigenvalue weighted by atomic mass is 10.1. The average Bonchev–Trinajstić information content (AvgIpc) is 3.06. The summed E-state index contributed by atoms with van der Waals surface area (Å²) in [6.45, 7) is 4.80. The third-order valence-electron chi connectivity index (χ3n) is 5.55. The molecule has 9 nitrogen and oxygen atoms in total. The van der Waals surface area contributed by atoms with E-state index in [1.807, 2.05) is 13.8 Å². The first-order chi connectivity index (χ1) is 14.7. The molecule has 1 aromatic carbocycles. The predicted octanol–water partition coefficient (Wildman–Crippen LogP) is 1.74. The normalized spacial score (nSPS) is 15.4. The Hall–Kier alpha value is -2.98. The van der Waals surface area contributed by atoms with Crippen LogP contribution in [0.2, 0.25) is 0 Å². The molecule has 1 amide bonds. The second-order valence-corrected chi connectivity index (χ2v) is 9.53. The summed E-state index contributed by atoms with van der Waals surface area (Å²) < 4.78 is 34.1. The molecule has 4 rings (SSSR count). The Kier molecular flexibility index (Phi) is 5.44. The molecule has 3 heterocycles. The van der Waals surface area contributed by atoms with Crippen LogP contribution in [0, 0.1) is 13.8 Å². The number of aromatic nitrogens is 3. The number of pyridine rings is 1. The van der Waals surface area contributed by atoms with Crippen LogP contribution in [-0.2, 0) is 17.1 Å². The van der Waals surface area contributed by atoms with Crippen LogP contribution in [0.3, 0.4) is 0 Å². The maximum Gasteiger partial charge on any atom is 0.254 e. The van der Waals surface area contributed by atoms with Gasteiger partial charge >= 0.3 is 0 Å². The van der Waals surface area contributed by atoms with Gasteiger partial charge in [0.25, 0.3) is 5.91 Å². The van der Waals surface area contributed by atoms with Crippen molar-refractivity contribution < 1.29 is 17.9 Å². The number of benzene rings is 1. The van der Waals surface area contributed by atoms with E-state index in [9.17, 15) is 13.2 Å². The molecular weight excluding hydrogens is 418 g/mol. The van der Waals surface area contributed by atoms with E-state index in [2.05, 4.69) is 10.1 Å². The van der Waals surface area contributed by atoms with Gasteiger partial charge < -0.3 is 9.64 Å². The Morgan fingerprint density at radius 3 is 2.32 bits per heavy atom. The molecule has 2 aromatic heterocycles. The van der Waals surface area contributed by atoms with Crippen molar-refractivity contribution in [2.75, 3.05) is 33.3 Å². The third kappa shape index (κ3) is 3.77. The highest BCUT2D eigenvalue weighted by atomic mass is 32.2. The smallest absolute Gasteiger partial charge is 0.254 e. The molecule has 1 saturated heterocycles. The van der Waals surface area contributed by atoms with Gasteiger partial charge in [0.05, 0.1) is 28.6 Å². The Labute approximate surface area is 181 Å². The molecule has 1 fully saturated rings. The van der Waals surface area contributed by atoms with Crippen LogP contribution in [0.1, 0.15) is 21.7 Å². The van der Waals surface area contributed by atoms with Gasteiger partial charge in [0.15, 0.2) is 5.65 Å². The zero-order valence-corrected chi connectivity index (χ0v) is 18.8. The number of piperazine rings is 1. The number of rotatable bonds is 4. The number of methoxy groups -OCH3 is 1. The molecule has 0 spiro atoms. The van der Waals surface area contributed by atoms with Crippen molar-refractivity contribution >= 4 is 27.0 Å². The third-order valence-corrected chi connectivity index (χ3v) is 7.46. The lowest BCUT2D eigenvalue weighted by Crippen LogP contribution is -2.50. The molecule has 3 aromatic rings. The first-order valence-electron chi connectivity index (χ1n) is 9.97. The van der Waals surface area contributed by atoms with Gasteiger partial charge in [-0.05, 0) is 44.2 Å². The standard InChI is InChI=1S/C21H25N5O4S/c1-14-13-18(19-15(2)23-24(3)20(19)22-14)21(27)25-9-11-26(12-10-25)31(28,29)17-7-5-16(30-4)6-8-17/h5-8,13H,9-12H2,1-4H3. The molecule has 0 saturated carbocycles. The van der Waals surface area contributed by atoms with Crippen LogP contribution in [0.4, 0.5) is 0 Å². The molecule has 0 N–H and O–H groups in total. The van der Waals surface area contributed by atoms with Crippen LogP contribution in [0.15, 0.2) is 35.2 Å². The van der Waals surface area contributed by atoms with Crippen molar-refractivity contribution in [2.24, 2.45) is 7.05 Å². The van der Waals surface area contributed by atoms with Gasteiger partial charge in [0.1, 0.15) is 5.75 Å². The Morgan fingerprint density at radius 1 is 1.06 bits per heavy atom. The van der Waals surface area contributed by atoms with Gasteiger partial charge in [0.2, 0.25) is 10.0 Å². The summed E-state index contributed by atoms with van der Waals surface area (Å²) in [6.07, 6.45) is 0. The van der Waals surface area contributed by atoms with E-state index in [0.29, 0.717) is 30.0 Å². The minimum atomic E-state index is -3.63. The zero-order valence-electron chi connectivity index (χ0n) is 18.0. The Balaban J connectivity index is 1.54. The van der Waals surface area contributed by atoms with Crippen LogP contribution in [0.5, 0.6) is 5.75 Å². The lowest BCUT2D eigenvalue weighted by Gasteiger charge is -2.34. The topological polar surface area (TPSA) is 97.6 Å². The van der Waals surface area contributed by atoms with E-state index in [0.717, 1.165) is 16.8 Å². The van der Waals surface area contributed by atoms with Gasteiger partial charge in [-0.2, -0.15) is 9.40 Å². The van der Waals surface area contributed by atoms with Crippen molar-refractivity contribution in [3.63, 3.8) is 0 Å². The molecule has 0 bridgehead atoms. The summed E-state index contributed by atoms with van der Waals surface area (Å²) in [7, 11) is -0.292. The predicted molar refractivity (Wildman–Crippen MR) is 116 cm³/mol. The molecule has 0 unspecified atom stereocenters. The fourth-order valence-electron chi connectivity index (χ4n) is 3.94. The molecule has 10 heteroatoms. The summed E-state index contributed by atoms with van der Waals surface area (Å²) in [4.78, 5) is 19.7. The molecule has 0 aliphatic carbocycles. The molecule has 0 radical (unpaired) electrons. The summed E-state index contributed by atoms with van der Waals surface area (Å²) in [5.41, 5.74) is 2.70. The number of sulfonamides is 1. The fraction of sp³-hybridized carbons (Fsp3) is 0.381. The SMILES string of the molecule is COc1ccc(S(=O)(=O)N2CCN(C(=O)c3cc(C)nc4c3c(C)nn4C)CC2)cc1. The highest BCUT2D eigenvalue weighted by Crippen LogP contribution is 2.25. The largest absolute Gasteiger partial charge is 0.497 e. The summed E-state index contributed by atoms with van der Waals surface area (Å²) in [6, 6.07) is 8.10. The minimum Gasteiger partial charge on any atom is -0.497 e. The van der Waals surface area contributed by atoms with Crippen LogP contribution in [0.25, 0.3) is 11.0 Å². The molecule has 164 valence electrons. The highest BCUT2D eigenvalue weighted by molar-refractivity contribution is 7.89. The first-order valence-corrected chi connectivity index (χ1v) is 11.4. The van der Waals surface area contributed by atoms with E-state index in [-0.39, 0.29) is 23.9 Å². The summed E-state index contributed by atoms with van der Waals surface area (Å²) in [5, 5.41) is 5.14. The van der Waals surface area contributed by atoms with E-state index >= 15 is 0 Å². The Morgan fingerprint density at radius 2 is 1.71 bits per heavy atom. The van der Waals surface area contributed by atoms with Gasteiger partial charge in [-0.1, -0.05) is 0 Å². The number of amides is 1. The number of carbonyl (C=O) groups excluding carboxylic acids is 1. The second kappa shape index (κ2) is 7.93. The number of fused-ring (bicyclic) bond motifs is 1. The number of hydrogen-bond donors (Lipinski definition) is 0. The number of nitrogens with zero attached hydrogens (tertiary/aromatic N) is 5. The second-order valence-electron chi connectivity index (χ2n) is 7.59. The fourth-order valence-corrected chi connectivity index (χ4v) is 5.36. The van der Waals surface area contributed by atoms with E-state index in [1.165, 1.54) is 23.5 Å². The van der Waals surface area contributed by atoms with Crippen molar-refractivity contribution in [2.45, 2.75) is 18.7 Å². The maximum atomic E-state index is 13.3. The lowest BCUT2D eigenvalue weighted by molar-refractivity contribution is 0.0699. The maximum absolute atomic E-state index is 13.3. The number of carbonyl (C=O) groups is 1. The molecular formula is C21H25N5O4S. The van der Waals surface area contributed by atoms with Crippen molar-refractivity contribution in [1.82, 2.24) is 24.0 Å². The van der Waals surface area contributed by atoms with Crippen molar-refractivity contribution in [3.8, 4) is 5.75 Å².